The number of aromatic hydroxyl groups is 2. The lowest BCUT2D eigenvalue weighted by molar-refractivity contribution is -0.298. The van der Waals surface area contributed by atoms with E-state index in [0.29, 0.717) is 32.9 Å². The molecule has 2 aliphatic heterocycles. The fourth-order valence-corrected chi connectivity index (χ4v) is 6.74. The lowest BCUT2D eigenvalue weighted by Crippen LogP contribution is -2.61. The van der Waals surface area contributed by atoms with Crippen LogP contribution in [0.5, 0.6) is 11.5 Å². The number of aromatic nitrogens is 3. The summed E-state index contributed by atoms with van der Waals surface area (Å²) in [6.07, 6.45) is -6.67. The van der Waals surface area contributed by atoms with Gasteiger partial charge in [0, 0.05) is 39.9 Å². The average Bonchev–Trinajstić information content (AvgIpc) is 3.70. The number of hydrogen-bond donors (Lipinski definition) is 9. The molecule has 2 aliphatic rings. The number of nitrogens with one attached hydrogen (secondary N) is 2. The van der Waals surface area contributed by atoms with Gasteiger partial charge in [-0.3, -0.25) is 14.6 Å². The minimum atomic E-state index is -1.80. The Morgan fingerprint density at radius 2 is 1.59 bits per heavy atom. The van der Waals surface area contributed by atoms with Crippen molar-refractivity contribution in [1.82, 2.24) is 25.1 Å². The van der Waals surface area contributed by atoms with Crippen LogP contribution in [0.3, 0.4) is 0 Å². The number of aliphatic hydroxyl groups excluding tert-OH is 5. The zero-order valence-corrected chi connectivity index (χ0v) is 25.3. The first-order valence-electron chi connectivity index (χ1n) is 15.2. The Hall–Kier alpha value is -5.33. The van der Waals surface area contributed by atoms with Crippen LogP contribution >= 0.6 is 0 Å². The molecule has 6 aromatic rings. The van der Waals surface area contributed by atoms with Gasteiger partial charge in [0.15, 0.2) is 0 Å². The van der Waals surface area contributed by atoms with Crippen LogP contribution in [-0.2, 0) is 17.9 Å². The molecule has 252 valence electrons. The van der Waals surface area contributed by atoms with Gasteiger partial charge in [0.05, 0.1) is 53.1 Å². The molecule has 3 aromatic heterocycles. The summed E-state index contributed by atoms with van der Waals surface area (Å²) in [4.78, 5) is 42.2. The van der Waals surface area contributed by atoms with Gasteiger partial charge in [-0.25, -0.2) is 10.4 Å². The van der Waals surface area contributed by atoms with Crippen LogP contribution in [0, 0.1) is 0 Å². The van der Waals surface area contributed by atoms with E-state index in [0.717, 1.165) is 5.01 Å². The number of phenols is 2. The maximum Gasteiger partial charge on any atom is 0.276 e. The molecule has 9 N–H and O–H groups in total. The summed E-state index contributed by atoms with van der Waals surface area (Å²) in [7, 11) is 0. The van der Waals surface area contributed by atoms with Crippen LogP contribution < -0.4 is 10.3 Å². The van der Waals surface area contributed by atoms with Gasteiger partial charge in [0.25, 0.3) is 18.1 Å². The summed E-state index contributed by atoms with van der Waals surface area (Å²) in [5.74, 6) is -1.64. The topological polar surface area (TPSA) is 243 Å². The third-order valence-corrected chi connectivity index (χ3v) is 9.05. The summed E-state index contributed by atoms with van der Waals surface area (Å²) < 4.78 is 6.82. The van der Waals surface area contributed by atoms with E-state index in [1.54, 1.807) is 18.2 Å². The molecular weight excluding hydrogens is 642 g/mol. The summed E-state index contributed by atoms with van der Waals surface area (Å²) in [5.41, 5.74) is 5.02. The van der Waals surface area contributed by atoms with Crippen molar-refractivity contribution in [3.05, 3.63) is 77.1 Å². The normalized spacial score (nSPS) is 22.6. The highest BCUT2D eigenvalue weighted by molar-refractivity contribution is 6.39. The number of hydrogen-bond acceptors (Lipinski definition) is 13. The summed E-state index contributed by atoms with van der Waals surface area (Å²) >= 11 is 0. The number of nitrogens with zero attached hydrogens (tertiary/aromatic N) is 3. The molecule has 5 atom stereocenters. The molecule has 2 amide bonds. The van der Waals surface area contributed by atoms with Gasteiger partial charge in [0.1, 0.15) is 41.4 Å². The Bertz CT molecular complexity index is 2330. The van der Waals surface area contributed by atoms with E-state index in [-0.39, 0.29) is 57.7 Å². The number of fused-ring (bicyclic) bond motifs is 10. The summed E-state index contributed by atoms with van der Waals surface area (Å²) in [6.45, 7) is -0.968. The molecule has 1 saturated heterocycles. The van der Waals surface area contributed by atoms with E-state index in [1.807, 2.05) is 0 Å². The van der Waals surface area contributed by atoms with Gasteiger partial charge in [-0.1, -0.05) is 0 Å². The number of pyridine rings is 1. The number of carbonyl (C=O) groups excluding carboxylic acids is 2. The van der Waals surface area contributed by atoms with Crippen molar-refractivity contribution >= 4 is 55.4 Å². The number of phenolic OH excluding ortho intramolecular Hbond substituents is 2. The van der Waals surface area contributed by atoms with E-state index in [4.69, 9.17) is 9.57 Å². The van der Waals surface area contributed by atoms with Crippen molar-refractivity contribution in [2.24, 2.45) is 0 Å². The smallest absolute Gasteiger partial charge is 0.276 e. The van der Waals surface area contributed by atoms with Crippen LogP contribution in [0.25, 0.3) is 43.6 Å². The number of aliphatic hydroxyl groups is 5. The summed E-state index contributed by atoms with van der Waals surface area (Å²) in [6, 6.07) is 12.0. The monoisotopic (exact) mass is 671 g/mol. The first-order chi connectivity index (χ1) is 23.6. The number of hydrazine groups is 1. The third kappa shape index (κ3) is 4.61. The van der Waals surface area contributed by atoms with Crippen LogP contribution in [0.15, 0.2) is 54.7 Å². The quantitative estimate of drug-likeness (QED) is 0.104. The third-order valence-electron chi connectivity index (χ3n) is 9.05. The van der Waals surface area contributed by atoms with Crippen molar-refractivity contribution in [2.75, 3.05) is 6.61 Å². The number of H-pyrrole nitrogens is 1. The first-order valence-corrected chi connectivity index (χ1v) is 15.2. The molecule has 49 heavy (non-hydrogen) atoms. The lowest BCUT2D eigenvalue weighted by Gasteiger charge is -2.39. The second-order valence-electron chi connectivity index (χ2n) is 12.0. The Morgan fingerprint density at radius 1 is 0.878 bits per heavy atom. The highest BCUT2D eigenvalue weighted by Crippen LogP contribution is 2.45. The number of amides is 2. The first kappa shape index (κ1) is 31.0. The zero-order chi connectivity index (χ0) is 34.3. The van der Waals surface area contributed by atoms with Crippen LogP contribution in [0.4, 0.5) is 0 Å². The molecule has 0 bridgehead atoms. The maximum atomic E-state index is 14.3. The number of ether oxygens (including phenoxy) is 1. The fourth-order valence-electron chi connectivity index (χ4n) is 6.74. The minimum absolute atomic E-state index is 0.00196. The van der Waals surface area contributed by atoms with Gasteiger partial charge in [-0.15, -0.1) is 0 Å². The molecule has 16 heteroatoms. The van der Waals surface area contributed by atoms with Gasteiger partial charge in [-0.05, 0) is 42.0 Å². The molecule has 5 heterocycles. The minimum Gasteiger partial charge on any atom is -0.508 e. The number of imide groups is 1. The molecule has 16 nitrogen and oxygen atoms in total. The largest absolute Gasteiger partial charge is 0.508 e. The number of aromatic amines is 1. The fraction of sp³-hybridized carbons (Fsp3) is 0.242. The highest BCUT2D eigenvalue weighted by Gasteiger charge is 2.46. The number of carbonyl (C=O) groups is 2. The van der Waals surface area contributed by atoms with Crippen molar-refractivity contribution in [2.45, 2.75) is 43.9 Å². The molecule has 3 aromatic carbocycles. The van der Waals surface area contributed by atoms with Crippen molar-refractivity contribution in [3.8, 4) is 11.5 Å². The van der Waals surface area contributed by atoms with E-state index in [9.17, 15) is 45.3 Å². The van der Waals surface area contributed by atoms with Gasteiger partial charge in [0.2, 0.25) is 0 Å². The molecule has 0 aliphatic carbocycles. The van der Waals surface area contributed by atoms with E-state index >= 15 is 0 Å². The van der Waals surface area contributed by atoms with Gasteiger partial charge < -0.3 is 50.3 Å². The van der Waals surface area contributed by atoms with Gasteiger partial charge >= 0.3 is 0 Å². The Labute approximate surface area is 274 Å². The Morgan fingerprint density at radius 3 is 2.33 bits per heavy atom. The predicted octanol–water partition coefficient (Wildman–Crippen LogP) is 0.257. The molecule has 0 radical (unpaired) electrons. The molecular formula is C33H29N5O11. The predicted molar refractivity (Wildman–Crippen MR) is 170 cm³/mol. The van der Waals surface area contributed by atoms with Crippen LogP contribution in [0.1, 0.15) is 32.0 Å². The molecule has 0 spiro atoms. The second kappa shape index (κ2) is 11.4. The zero-order valence-electron chi connectivity index (χ0n) is 25.3. The maximum absolute atomic E-state index is 14.3. The van der Waals surface area contributed by atoms with E-state index < -0.39 is 49.1 Å². The number of benzene rings is 3. The SMILES string of the molecule is O=C1c2c(c3c4ccc(O)cc4n(O[C@@H]4O[C@H](CO)[C@@H](O)[C@H](O)[C@H]4O)c3c3[nH]c4cc(O)ccc4c23)C(=O)N1NCc1cc(CO)ccn1. The molecule has 8 rings (SSSR count). The van der Waals surface area contributed by atoms with Gasteiger partial charge in [-0.2, -0.15) is 4.73 Å². The van der Waals surface area contributed by atoms with E-state index in [2.05, 4.69) is 15.4 Å². The van der Waals surface area contributed by atoms with Crippen molar-refractivity contribution in [3.63, 3.8) is 0 Å². The van der Waals surface area contributed by atoms with E-state index in [1.165, 1.54) is 41.3 Å². The number of rotatable bonds is 7. The molecule has 0 saturated carbocycles. The highest BCUT2D eigenvalue weighted by atomic mass is 16.8. The summed E-state index contributed by atoms with van der Waals surface area (Å²) in [5, 5.41) is 74.1. The van der Waals surface area contributed by atoms with Crippen molar-refractivity contribution in [1.29, 1.82) is 0 Å². The average molecular weight is 672 g/mol. The van der Waals surface area contributed by atoms with Crippen molar-refractivity contribution < 1.29 is 54.9 Å². The van der Waals surface area contributed by atoms with Crippen LogP contribution in [-0.4, -0.2) is 105 Å². The Balaban J connectivity index is 1.37. The second-order valence-corrected chi connectivity index (χ2v) is 12.0. The lowest BCUT2D eigenvalue weighted by atomic mass is 9.96. The van der Waals surface area contributed by atoms with Crippen LogP contribution in [0.2, 0.25) is 0 Å². The standard InChI is InChI=1S/C33H29N5O11/c39-11-13-5-6-34-14(7-13)10-35-37-31(46)24-22-17-3-1-15(41)8-19(17)36-26(22)27-23(25(24)32(37)47)18-4-2-16(42)9-20(18)38(27)49-33-30(45)29(44)28(43)21(12-40)48-33/h1-9,21,28-30,33,35-36,39-45H,10-12H2/t21-,28-,29+,30-,33+/m1/s1. The molecule has 1 fully saturated rings. The molecule has 0 unspecified atom stereocenters. The Kier molecular flexibility index (Phi) is 7.20.